The summed E-state index contributed by atoms with van der Waals surface area (Å²) in [6.45, 7) is 2.14. The number of carbonyl (C=O) groups excluding carboxylic acids is 1. The highest BCUT2D eigenvalue weighted by Gasteiger charge is 2.23. The van der Waals surface area contributed by atoms with Crippen molar-refractivity contribution in [3.63, 3.8) is 0 Å². The van der Waals surface area contributed by atoms with Gasteiger partial charge >= 0.3 is 0 Å². The lowest BCUT2D eigenvalue weighted by Crippen LogP contribution is -2.44. The van der Waals surface area contributed by atoms with Gasteiger partial charge in [0.15, 0.2) is 0 Å². The van der Waals surface area contributed by atoms with Crippen molar-refractivity contribution in [2.24, 2.45) is 0 Å². The van der Waals surface area contributed by atoms with Gasteiger partial charge in [-0.15, -0.1) is 24.2 Å². The monoisotopic (exact) mass is 390 g/mol. The summed E-state index contributed by atoms with van der Waals surface area (Å²) in [4.78, 5) is 13.8. The van der Waals surface area contributed by atoms with Crippen molar-refractivity contribution >= 4 is 30.1 Å². The zero-order chi connectivity index (χ0) is 17.2. The van der Waals surface area contributed by atoms with Crippen LogP contribution in [0.25, 0.3) is 0 Å². The molecule has 26 heavy (non-hydrogen) atoms. The number of rotatable bonds is 4. The van der Waals surface area contributed by atoms with Crippen LogP contribution in [0.3, 0.4) is 0 Å². The van der Waals surface area contributed by atoms with Gasteiger partial charge in [0.1, 0.15) is 5.75 Å². The number of benzene rings is 2. The molecule has 2 heterocycles. The van der Waals surface area contributed by atoms with E-state index in [1.807, 2.05) is 12.3 Å². The van der Waals surface area contributed by atoms with Crippen molar-refractivity contribution in [1.82, 2.24) is 10.6 Å². The minimum Gasteiger partial charge on any atom is -0.492 e. The van der Waals surface area contributed by atoms with E-state index < -0.39 is 0 Å². The first-order chi connectivity index (χ1) is 12.2. The molecule has 2 aliphatic rings. The lowest BCUT2D eigenvalue weighted by molar-refractivity contribution is 0.0945. The van der Waals surface area contributed by atoms with E-state index in [0.29, 0.717) is 18.7 Å². The van der Waals surface area contributed by atoms with E-state index in [2.05, 4.69) is 41.0 Å². The number of nitrogens with one attached hydrogen (secondary N) is 2. The van der Waals surface area contributed by atoms with Gasteiger partial charge in [-0.25, -0.2) is 0 Å². The van der Waals surface area contributed by atoms with E-state index in [-0.39, 0.29) is 24.4 Å². The average Bonchev–Trinajstić information content (AvgIpc) is 3.13. The van der Waals surface area contributed by atoms with Gasteiger partial charge in [0.25, 0.3) is 5.91 Å². The molecule has 0 radical (unpaired) electrons. The van der Waals surface area contributed by atoms with E-state index in [1.54, 1.807) is 11.8 Å². The summed E-state index contributed by atoms with van der Waals surface area (Å²) < 4.78 is 5.70. The van der Waals surface area contributed by atoms with E-state index in [1.165, 1.54) is 11.1 Å². The van der Waals surface area contributed by atoms with Gasteiger partial charge in [0.05, 0.1) is 12.2 Å². The number of carbonyl (C=O) groups is 1. The van der Waals surface area contributed by atoms with Crippen molar-refractivity contribution in [3.8, 4) is 5.75 Å². The van der Waals surface area contributed by atoms with Gasteiger partial charge < -0.3 is 15.4 Å². The summed E-state index contributed by atoms with van der Waals surface area (Å²) >= 11 is 1.66. The number of fused-ring (bicyclic) bond motifs is 2. The molecule has 0 saturated carbocycles. The number of hydrogen-bond acceptors (Lipinski definition) is 4. The van der Waals surface area contributed by atoms with E-state index >= 15 is 0 Å². The molecule has 0 fully saturated rings. The van der Waals surface area contributed by atoms with E-state index in [0.717, 1.165) is 35.6 Å². The second-order valence-electron chi connectivity index (χ2n) is 6.52. The Balaban J connectivity index is 0.00000196. The molecule has 0 bridgehead atoms. The van der Waals surface area contributed by atoms with Gasteiger partial charge in [-0.2, -0.15) is 0 Å². The molecule has 1 atom stereocenters. The fraction of sp³-hybridized carbons (Fsp3) is 0.350. The molecule has 1 amide bonds. The fourth-order valence-electron chi connectivity index (χ4n) is 3.54. The predicted octanol–water partition coefficient (Wildman–Crippen LogP) is 3.21. The number of amides is 1. The molecule has 0 spiro atoms. The number of thioether (sulfide) groups is 1. The zero-order valence-electron chi connectivity index (χ0n) is 14.7. The third-order valence-electron chi connectivity index (χ3n) is 4.91. The molecule has 0 unspecified atom stereocenters. The minimum absolute atomic E-state index is 0. The normalized spacial score (nSPS) is 17.5. The van der Waals surface area contributed by atoms with Gasteiger partial charge in [0.2, 0.25) is 0 Å². The lowest BCUT2D eigenvalue weighted by atomic mass is 9.96. The number of hydrogen-bond donors (Lipinski definition) is 2. The van der Waals surface area contributed by atoms with Crippen LogP contribution in [-0.4, -0.2) is 31.4 Å². The Kier molecular flexibility index (Phi) is 6.12. The van der Waals surface area contributed by atoms with Crippen LogP contribution < -0.4 is 15.4 Å². The summed E-state index contributed by atoms with van der Waals surface area (Å²) in [5, 5.41) is 6.60. The van der Waals surface area contributed by atoms with Crippen molar-refractivity contribution in [2.45, 2.75) is 30.3 Å². The van der Waals surface area contributed by atoms with Crippen LogP contribution in [-0.2, 0) is 19.4 Å². The maximum atomic E-state index is 12.7. The van der Waals surface area contributed by atoms with Crippen LogP contribution in [0.1, 0.15) is 27.0 Å². The van der Waals surface area contributed by atoms with Crippen LogP contribution >= 0.6 is 24.2 Å². The second kappa shape index (κ2) is 8.33. The first-order valence-corrected chi connectivity index (χ1v) is 9.89. The Morgan fingerprint density at radius 2 is 2.08 bits per heavy atom. The van der Waals surface area contributed by atoms with Crippen LogP contribution in [0.5, 0.6) is 5.75 Å². The number of ether oxygens (including phenoxy) is 1. The molecule has 2 aromatic carbocycles. The predicted molar refractivity (Wildman–Crippen MR) is 108 cm³/mol. The molecule has 0 aromatic heterocycles. The van der Waals surface area contributed by atoms with Crippen molar-refractivity contribution in [1.29, 1.82) is 0 Å². The van der Waals surface area contributed by atoms with Crippen molar-refractivity contribution < 1.29 is 9.53 Å². The molecule has 4 rings (SSSR count). The quantitative estimate of drug-likeness (QED) is 0.787. The van der Waals surface area contributed by atoms with E-state index in [9.17, 15) is 4.79 Å². The average molecular weight is 391 g/mol. The minimum atomic E-state index is -0.0466. The Hall–Kier alpha value is -1.69. The molecule has 2 N–H and O–H groups in total. The summed E-state index contributed by atoms with van der Waals surface area (Å²) in [6.07, 6.45) is 3.85. The summed E-state index contributed by atoms with van der Waals surface area (Å²) in [6, 6.07) is 12.8. The summed E-state index contributed by atoms with van der Waals surface area (Å²) in [7, 11) is 0. The Labute approximate surface area is 164 Å². The topological polar surface area (TPSA) is 50.4 Å². The van der Waals surface area contributed by atoms with Gasteiger partial charge in [-0.3, -0.25) is 4.79 Å². The summed E-state index contributed by atoms with van der Waals surface area (Å²) in [5.41, 5.74) is 4.52. The first kappa shape index (κ1) is 19.1. The van der Waals surface area contributed by atoms with Gasteiger partial charge in [-0.05, 0) is 41.5 Å². The van der Waals surface area contributed by atoms with Gasteiger partial charge in [-0.1, -0.05) is 24.3 Å². The molecule has 6 heteroatoms. The number of halogens is 1. The standard InChI is InChI=1S/C20H22N2O2S.ClH/c1-25-17-9-14-6-7-24-19(14)18(10-17)20(23)22-12-16-8-13-4-2-3-5-15(13)11-21-16;/h2-5,9-10,16,21H,6-8,11-12H2,1H3,(H,22,23);1H/t16-;/m1./s1. The smallest absolute Gasteiger partial charge is 0.255 e. The Bertz CT molecular complexity index is 812. The van der Waals surface area contributed by atoms with Crippen LogP contribution in [0, 0.1) is 0 Å². The Morgan fingerprint density at radius 3 is 2.88 bits per heavy atom. The third kappa shape index (κ3) is 3.85. The summed E-state index contributed by atoms with van der Waals surface area (Å²) in [5.74, 6) is 0.715. The molecule has 0 aliphatic carbocycles. The molecule has 0 saturated heterocycles. The second-order valence-corrected chi connectivity index (χ2v) is 7.40. The highest BCUT2D eigenvalue weighted by atomic mass is 35.5. The molecule has 4 nitrogen and oxygen atoms in total. The van der Waals surface area contributed by atoms with E-state index in [4.69, 9.17) is 4.74 Å². The van der Waals surface area contributed by atoms with Crippen molar-refractivity contribution in [3.05, 3.63) is 58.7 Å². The third-order valence-corrected chi connectivity index (χ3v) is 5.62. The molecular formula is C20H23ClN2O2S. The van der Waals surface area contributed by atoms with Crippen molar-refractivity contribution in [2.75, 3.05) is 19.4 Å². The van der Waals surface area contributed by atoms with Crippen LogP contribution in [0.15, 0.2) is 41.3 Å². The highest BCUT2D eigenvalue weighted by Crippen LogP contribution is 2.33. The largest absolute Gasteiger partial charge is 0.492 e. The molecule has 138 valence electrons. The zero-order valence-corrected chi connectivity index (χ0v) is 16.3. The molecule has 2 aromatic rings. The van der Waals surface area contributed by atoms with Crippen LogP contribution in [0.4, 0.5) is 0 Å². The first-order valence-electron chi connectivity index (χ1n) is 8.66. The maximum absolute atomic E-state index is 12.7. The lowest BCUT2D eigenvalue weighted by Gasteiger charge is -2.26. The van der Waals surface area contributed by atoms with Crippen LogP contribution in [0.2, 0.25) is 0 Å². The SMILES string of the molecule is CSc1cc2c(c(C(=O)NC[C@H]3Cc4ccccc4CN3)c1)OCC2.Cl. The highest BCUT2D eigenvalue weighted by molar-refractivity contribution is 7.98. The fourth-order valence-corrected chi connectivity index (χ4v) is 4.04. The molecule has 2 aliphatic heterocycles. The Morgan fingerprint density at radius 1 is 1.27 bits per heavy atom. The maximum Gasteiger partial charge on any atom is 0.255 e. The molecular weight excluding hydrogens is 368 g/mol. The van der Waals surface area contributed by atoms with Gasteiger partial charge in [0, 0.05) is 30.4 Å².